The number of ether oxygens (including phenoxy) is 2. The molecular formula is C44H53N5O5. The van der Waals surface area contributed by atoms with Crippen LogP contribution >= 0.6 is 0 Å². The van der Waals surface area contributed by atoms with E-state index in [1.807, 2.05) is 24.4 Å². The van der Waals surface area contributed by atoms with Crippen molar-refractivity contribution in [3.05, 3.63) is 95.3 Å². The van der Waals surface area contributed by atoms with Gasteiger partial charge in [-0.05, 0) is 104 Å². The van der Waals surface area contributed by atoms with Crippen LogP contribution in [0.1, 0.15) is 73.8 Å². The second-order valence-corrected chi connectivity index (χ2v) is 14.0. The highest BCUT2D eigenvalue weighted by Gasteiger charge is 2.18. The van der Waals surface area contributed by atoms with Gasteiger partial charge in [-0.2, -0.15) is 0 Å². The summed E-state index contributed by atoms with van der Waals surface area (Å²) in [7, 11) is 3.13. The topological polar surface area (TPSA) is 129 Å². The maximum Gasteiger partial charge on any atom is 0.247 e. The molecule has 6 rings (SSSR count). The Balaban J connectivity index is 0.972. The number of para-hydroxylation sites is 1. The van der Waals surface area contributed by atoms with E-state index in [1.165, 1.54) is 54.4 Å². The van der Waals surface area contributed by atoms with E-state index in [1.54, 1.807) is 30.2 Å². The van der Waals surface area contributed by atoms with Crippen LogP contribution in [0.5, 0.6) is 17.2 Å². The van der Waals surface area contributed by atoms with Crippen LogP contribution in [0.2, 0.25) is 0 Å². The Morgan fingerprint density at radius 2 is 1.72 bits per heavy atom. The Morgan fingerprint density at radius 1 is 0.907 bits per heavy atom. The van der Waals surface area contributed by atoms with Crippen molar-refractivity contribution >= 4 is 45.4 Å². The molecule has 0 aliphatic heterocycles. The van der Waals surface area contributed by atoms with Gasteiger partial charge in [-0.15, -0.1) is 0 Å². The minimum absolute atomic E-state index is 0.0250. The highest BCUT2D eigenvalue weighted by molar-refractivity contribution is 5.95. The summed E-state index contributed by atoms with van der Waals surface area (Å²) in [6.45, 7) is 1.84. The lowest BCUT2D eigenvalue weighted by Gasteiger charge is -2.21. The van der Waals surface area contributed by atoms with E-state index in [0.29, 0.717) is 30.8 Å². The fraction of sp³-hybridized carbons (Fsp3) is 0.386. The predicted octanol–water partition coefficient (Wildman–Crippen LogP) is 7.97. The third-order valence-electron chi connectivity index (χ3n) is 10.3. The average molecular weight is 732 g/mol. The van der Waals surface area contributed by atoms with Crippen molar-refractivity contribution in [1.82, 2.24) is 20.2 Å². The van der Waals surface area contributed by atoms with Crippen molar-refractivity contribution in [1.29, 1.82) is 0 Å². The lowest BCUT2D eigenvalue weighted by Crippen LogP contribution is -2.41. The first-order valence-electron chi connectivity index (χ1n) is 19.3. The molecule has 0 saturated heterocycles. The fourth-order valence-corrected chi connectivity index (χ4v) is 7.32. The van der Waals surface area contributed by atoms with Crippen LogP contribution < -0.4 is 20.1 Å². The van der Waals surface area contributed by atoms with Gasteiger partial charge in [0.25, 0.3) is 0 Å². The van der Waals surface area contributed by atoms with Crippen LogP contribution in [-0.4, -0.2) is 72.2 Å². The number of hydrogen-bond acceptors (Lipinski definition) is 7. The second kappa shape index (κ2) is 19.0. The van der Waals surface area contributed by atoms with Gasteiger partial charge < -0.3 is 35.1 Å². The third-order valence-corrected chi connectivity index (χ3v) is 10.3. The molecule has 0 saturated carbocycles. The number of aromatic amines is 1. The molecule has 1 aliphatic rings. The summed E-state index contributed by atoms with van der Waals surface area (Å²) in [6.07, 6.45) is 16.6. The van der Waals surface area contributed by atoms with Gasteiger partial charge in [0, 0.05) is 59.6 Å². The summed E-state index contributed by atoms with van der Waals surface area (Å²) in [6, 6.07) is 19.3. The van der Waals surface area contributed by atoms with Crippen molar-refractivity contribution in [3.63, 3.8) is 0 Å². The molecule has 284 valence electrons. The van der Waals surface area contributed by atoms with Gasteiger partial charge in [-0.1, -0.05) is 49.9 Å². The maximum atomic E-state index is 13.4. The highest BCUT2D eigenvalue weighted by Crippen LogP contribution is 2.33. The number of methoxy groups -OCH3 is 2. The third kappa shape index (κ3) is 9.92. The minimum atomic E-state index is -0.238. The molecule has 0 fully saturated rings. The maximum absolute atomic E-state index is 13.4. The number of carbonyl (C=O) groups excluding carboxylic acids is 2. The standard InChI is InChI=1S/C44H53N5O5/c1-53-33-19-20-37-36(28-33)32(29-47-37)23-25-45-42(51)30-49(43(52)22-18-31-17-21-40(50)41(27-31)54-2)26-12-6-4-3-5-11-24-46-44-34-13-7-9-15-38(34)48-39-16-10-8-14-35(39)44/h7,9,13,15,17-22,27-29,47,50H,3-6,8,10-12,14,16,23-26,30H2,1-2H3,(H,45,51)(H,46,48)/b22-18+. The van der Waals surface area contributed by atoms with E-state index in [4.69, 9.17) is 14.5 Å². The number of nitrogens with one attached hydrogen (secondary N) is 3. The van der Waals surface area contributed by atoms with Gasteiger partial charge in [0.2, 0.25) is 11.8 Å². The molecule has 0 atom stereocenters. The van der Waals surface area contributed by atoms with Gasteiger partial charge in [0.05, 0.1) is 26.3 Å². The van der Waals surface area contributed by atoms with Crippen LogP contribution in [0.15, 0.2) is 72.9 Å². The Kier molecular flexibility index (Phi) is 13.5. The Labute approximate surface area is 318 Å². The number of aromatic nitrogens is 2. The van der Waals surface area contributed by atoms with E-state index in [0.717, 1.165) is 85.6 Å². The molecule has 3 aromatic carbocycles. The first kappa shape index (κ1) is 38.2. The number of anilines is 1. The summed E-state index contributed by atoms with van der Waals surface area (Å²) >= 11 is 0. The molecule has 0 unspecified atom stereocenters. The highest BCUT2D eigenvalue weighted by atomic mass is 16.5. The van der Waals surface area contributed by atoms with Crippen molar-refractivity contribution < 1.29 is 24.2 Å². The number of hydrogen-bond donors (Lipinski definition) is 4. The van der Waals surface area contributed by atoms with Crippen molar-refractivity contribution in [2.75, 3.05) is 45.7 Å². The van der Waals surface area contributed by atoms with Crippen molar-refractivity contribution in [2.24, 2.45) is 0 Å². The molecule has 0 spiro atoms. The SMILES string of the molecule is COc1ccc2[nH]cc(CCNC(=O)CN(CCCCCCCCNc3c4c(nc5ccccc35)CCCC4)C(=O)/C=C/c3ccc(O)c(OC)c3)c2c1. The largest absolute Gasteiger partial charge is 0.504 e. The summed E-state index contributed by atoms with van der Waals surface area (Å²) in [5, 5.41) is 19.0. The quantitative estimate of drug-likeness (QED) is 0.0501. The van der Waals surface area contributed by atoms with E-state index >= 15 is 0 Å². The average Bonchev–Trinajstić information content (AvgIpc) is 3.60. The number of rotatable bonds is 19. The van der Waals surface area contributed by atoms with E-state index in [9.17, 15) is 14.7 Å². The zero-order valence-corrected chi connectivity index (χ0v) is 31.6. The number of carbonyl (C=O) groups is 2. The number of phenols is 1. The molecule has 2 amide bonds. The van der Waals surface area contributed by atoms with Crippen LogP contribution in [0.25, 0.3) is 27.9 Å². The second-order valence-electron chi connectivity index (χ2n) is 14.0. The molecule has 10 heteroatoms. The van der Waals surface area contributed by atoms with Crippen LogP contribution in [-0.2, 0) is 28.9 Å². The summed E-state index contributed by atoms with van der Waals surface area (Å²) in [5.41, 5.74) is 7.83. The van der Waals surface area contributed by atoms with E-state index in [2.05, 4.69) is 39.9 Å². The number of fused-ring (bicyclic) bond motifs is 3. The van der Waals surface area contributed by atoms with Crippen LogP contribution in [0.4, 0.5) is 5.69 Å². The first-order chi connectivity index (χ1) is 26.4. The van der Waals surface area contributed by atoms with Gasteiger partial charge in [-0.3, -0.25) is 14.6 Å². The number of amides is 2. The summed E-state index contributed by atoms with van der Waals surface area (Å²) in [5.74, 6) is 0.706. The molecule has 2 heterocycles. The van der Waals surface area contributed by atoms with E-state index < -0.39 is 0 Å². The van der Waals surface area contributed by atoms with Crippen molar-refractivity contribution in [2.45, 2.75) is 70.6 Å². The van der Waals surface area contributed by atoms with Gasteiger partial charge in [0.15, 0.2) is 11.5 Å². The summed E-state index contributed by atoms with van der Waals surface area (Å²) < 4.78 is 10.6. The molecule has 5 aromatic rings. The number of nitrogens with zero attached hydrogens (tertiary/aromatic N) is 2. The normalized spacial score (nSPS) is 12.6. The van der Waals surface area contributed by atoms with Crippen molar-refractivity contribution in [3.8, 4) is 17.2 Å². The molecular weight excluding hydrogens is 679 g/mol. The van der Waals surface area contributed by atoms with Crippen LogP contribution in [0.3, 0.4) is 0 Å². The lowest BCUT2D eigenvalue weighted by molar-refractivity contribution is -0.132. The number of benzene rings is 3. The number of aryl methyl sites for hydroxylation is 1. The molecule has 0 bridgehead atoms. The smallest absolute Gasteiger partial charge is 0.247 e. The minimum Gasteiger partial charge on any atom is -0.504 e. The molecule has 1 aliphatic carbocycles. The monoisotopic (exact) mass is 731 g/mol. The molecule has 2 aromatic heterocycles. The number of H-pyrrole nitrogens is 1. The molecule has 4 N–H and O–H groups in total. The number of unbranched alkanes of at least 4 members (excludes halogenated alkanes) is 5. The zero-order chi connectivity index (χ0) is 37.7. The van der Waals surface area contributed by atoms with Gasteiger partial charge in [-0.25, -0.2) is 0 Å². The van der Waals surface area contributed by atoms with Crippen LogP contribution in [0, 0.1) is 0 Å². The lowest BCUT2D eigenvalue weighted by atomic mass is 9.92. The fourth-order valence-electron chi connectivity index (χ4n) is 7.32. The molecule has 10 nitrogen and oxygen atoms in total. The molecule has 54 heavy (non-hydrogen) atoms. The first-order valence-corrected chi connectivity index (χ1v) is 19.3. The molecule has 0 radical (unpaired) electrons. The Morgan fingerprint density at radius 3 is 2.57 bits per heavy atom. The predicted molar refractivity (Wildman–Crippen MR) is 216 cm³/mol. The number of aromatic hydroxyl groups is 1. The number of pyridine rings is 1. The Bertz CT molecular complexity index is 2070. The van der Waals surface area contributed by atoms with Gasteiger partial charge in [0.1, 0.15) is 5.75 Å². The summed E-state index contributed by atoms with van der Waals surface area (Å²) in [4.78, 5) is 36.4. The Hall–Kier alpha value is -5.51. The van der Waals surface area contributed by atoms with Gasteiger partial charge >= 0.3 is 0 Å². The van der Waals surface area contributed by atoms with E-state index in [-0.39, 0.29) is 24.1 Å². The number of phenolic OH excluding ortho intramolecular Hbond substituents is 1. The zero-order valence-electron chi connectivity index (χ0n) is 31.6.